The Morgan fingerprint density at radius 1 is 1.23 bits per heavy atom. The zero-order chi connectivity index (χ0) is 16.2. The number of hydrogen-bond donors (Lipinski definition) is 2. The summed E-state index contributed by atoms with van der Waals surface area (Å²) in [4.78, 5) is 2.42. The molecule has 0 aromatic heterocycles. The third-order valence-electron chi connectivity index (χ3n) is 4.39. The van der Waals surface area contributed by atoms with E-state index in [2.05, 4.69) is 30.1 Å². The quantitative estimate of drug-likeness (QED) is 0.837. The lowest BCUT2D eigenvalue weighted by Crippen LogP contribution is -2.49. The van der Waals surface area contributed by atoms with Gasteiger partial charge in [0.25, 0.3) is 0 Å². The van der Waals surface area contributed by atoms with Crippen LogP contribution in [0.25, 0.3) is 0 Å². The van der Waals surface area contributed by atoms with Crippen LogP contribution in [0.15, 0.2) is 18.2 Å². The number of aliphatic hydroxyl groups is 1. The average molecular weight is 308 g/mol. The van der Waals surface area contributed by atoms with Crippen LogP contribution in [0.1, 0.15) is 25.5 Å². The van der Waals surface area contributed by atoms with Gasteiger partial charge in [-0.1, -0.05) is 26.0 Å². The van der Waals surface area contributed by atoms with E-state index in [1.165, 1.54) is 0 Å². The van der Waals surface area contributed by atoms with Gasteiger partial charge in [0.05, 0.1) is 14.2 Å². The van der Waals surface area contributed by atoms with Gasteiger partial charge in [0.1, 0.15) is 0 Å². The van der Waals surface area contributed by atoms with Crippen molar-refractivity contribution in [3.63, 3.8) is 0 Å². The van der Waals surface area contributed by atoms with E-state index in [-0.39, 0.29) is 18.1 Å². The van der Waals surface area contributed by atoms with Crippen LogP contribution >= 0.6 is 0 Å². The van der Waals surface area contributed by atoms with Crippen LogP contribution in [0.5, 0.6) is 11.5 Å². The second-order valence-corrected chi connectivity index (χ2v) is 6.42. The minimum absolute atomic E-state index is 0.0737. The highest BCUT2D eigenvalue weighted by atomic mass is 16.5. The van der Waals surface area contributed by atoms with E-state index in [0.717, 1.165) is 43.2 Å². The Morgan fingerprint density at radius 2 is 1.91 bits per heavy atom. The largest absolute Gasteiger partial charge is 0.493 e. The predicted molar refractivity (Wildman–Crippen MR) is 87.6 cm³/mol. The highest BCUT2D eigenvalue weighted by Crippen LogP contribution is 2.45. The molecular formula is C17H28N2O3. The van der Waals surface area contributed by atoms with E-state index in [9.17, 15) is 5.11 Å². The Labute approximate surface area is 133 Å². The van der Waals surface area contributed by atoms with Gasteiger partial charge in [-0.3, -0.25) is 4.90 Å². The van der Waals surface area contributed by atoms with Crippen molar-refractivity contribution >= 4 is 0 Å². The van der Waals surface area contributed by atoms with Crippen LogP contribution in [0.3, 0.4) is 0 Å². The molecule has 0 saturated carbocycles. The van der Waals surface area contributed by atoms with Crippen molar-refractivity contribution in [3.8, 4) is 11.5 Å². The molecule has 1 heterocycles. The van der Waals surface area contributed by atoms with E-state index < -0.39 is 0 Å². The van der Waals surface area contributed by atoms with Crippen molar-refractivity contribution in [3.05, 3.63) is 23.8 Å². The van der Waals surface area contributed by atoms with Crippen LogP contribution < -0.4 is 14.8 Å². The van der Waals surface area contributed by atoms with Crippen LogP contribution in [0, 0.1) is 5.41 Å². The van der Waals surface area contributed by atoms with Crippen molar-refractivity contribution in [2.45, 2.75) is 19.9 Å². The summed E-state index contributed by atoms with van der Waals surface area (Å²) in [6, 6.07) is 6.04. The number of benzene rings is 1. The van der Waals surface area contributed by atoms with Crippen molar-refractivity contribution in [1.29, 1.82) is 0 Å². The van der Waals surface area contributed by atoms with Gasteiger partial charge in [-0.05, 0) is 6.07 Å². The third-order valence-corrected chi connectivity index (χ3v) is 4.39. The normalized spacial score (nSPS) is 18.0. The summed E-state index contributed by atoms with van der Waals surface area (Å²) in [5.41, 5.74) is 0.791. The number of piperazine rings is 1. The first kappa shape index (κ1) is 17.1. The summed E-state index contributed by atoms with van der Waals surface area (Å²) >= 11 is 0. The van der Waals surface area contributed by atoms with Crippen LogP contribution in [-0.2, 0) is 0 Å². The molecule has 5 nitrogen and oxygen atoms in total. The first-order chi connectivity index (χ1) is 10.5. The number of ether oxygens (including phenoxy) is 2. The number of nitrogens with one attached hydrogen (secondary N) is 1. The van der Waals surface area contributed by atoms with Gasteiger partial charge in [-0.25, -0.2) is 0 Å². The van der Waals surface area contributed by atoms with E-state index in [4.69, 9.17) is 9.47 Å². The molecule has 5 heteroatoms. The molecule has 1 aromatic carbocycles. The van der Waals surface area contributed by atoms with Crippen molar-refractivity contribution in [2.24, 2.45) is 5.41 Å². The number of nitrogens with zero attached hydrogens (tertiary/aromatic N) is 1. The number of methoxy groups -OCH3 is 2. The van der Waals surface area contributed by atoms with Gasteiger partial charge in [-0.15, -0.1) is 0 Å². The number of hydrogen-bond acceptors (Lipinski definition) is 5. The molecule has 0 spiro atoms. The molecule has 2 N–H and O–H groups in total. The number of aliphatic hydroxyl groups excluding tert-OH is 1. The van der Waals surface area contributed by atoms with Gasteiger partial charge >= 0.3 is 0 Å². The van der Waals surface area contributed by atoms with E-state index in [1.54, 1.807) is 14.2 Å². The summed E-state index contributed by atoms with van der Waals surface area (Å²) in [6.07, 6.45) is 0. The highest BCUT2D eigenvalue weighted by molar-refractivity contribution is 5.48. The van der Waals surface area contributed by atoms with Gasteiger partial charge in [0.2, 0.25) is 0 Å². The summed E-state index contributed by atoms with van der Waals surface area (Å²) in [5.74, 6) is 1.49. The fourth-order valence-corrected chi connectivity index (χ4v) is 3.27. The Balaban J connectivity index is 2.49. The number of rotatable bonds is 6. The smallest absolute Gasteiger partial charge is 0.165 e. The Bertz CT molecular complexity index is 485. The summed E-state index contributed by atoms with van der Waals surface area (Å²) < 4.78 is 11.1. The molecule has 1 saturated heterocycles. The van der Waals surface area contributed by atoms with E-state index in [0.29, 0.717) is 0 Å². The van der Waals surface area contributed by atoms with Crippen molar-refractivity contribution in [2.75, 3.05) is 47.0 Å². The monoisotopic (exact) mass is 308 g/mol. The molecule has 0 unspecified atom stereocenters. The van der Waals surface area contributed by atoms with Crippen LogP contribution in [-0.4, -0.2) is 57.0 Å². The molecule has 1 aliphatic rings. The molecule has 1 fully saturated rings. The summed E-state index contributed by atoms with van der Waals surface area (Å²) in [5, 5.41) is 13.3. The molecule has 2 rings (SSSR count). The number of para-hydroxylation sites is 1. The fourth-order valence-electron chi connectivity index (χ4n) is 3.27. The highest BCUT2D eigenvalue weighted by Gasteiger charge is 2.37. The molecular weight excluding hydrogens is 280 g/mol. The van der Waals surface area contributed by atoms with Crippen molar-refractivity contribution in [1.82, 2.24) is 10.2 Å². The second-order valence-electron chi connectivity index (χ2n) is 6.42. The molecule has 124 valence electrons. The Kier molecular flexibility index (Phi) is 5.67. The summed E-state index contributed by atoms with van der Waals surface area (Å²) in [7, 11) is 3.32. The lowest BCUT2D eigenvalue weighted by atomic mass is 9.79. The Hall–Kier alpha value is -1.30. The van der Waals surface area contributed by atoms with Gasteiger partial charge in [-0.2, -0.15) is 0 Å². The molecule has 0 aliphatic carbocycles. The van der Waals surface area contributed by atoms with E-state index in [1.807, 2.05) is 12.1 Å². The first-order valence-electron chi connectivity index (χ1n) is 7.81. The molecule has 0 bridgehead atoms. The predicted octanol–water partition coefficient (Wildman–Crippen LogP) is 1.67. The van der Waals surface area contributed by atoms with Gasteiger partial charge in [0, 0.05) is 49.8 Å². The molecule has 1 aliphatic heterocycles. The lowest BCUT2D eigenvalue weighted by Gasteiger charge is -2.44. The average Bonchev–Trinajstić information content (AvgIpc) is 2.55. The van der Waals surface area contributed by atoms with Crippen LogP contribution in [0.2, 0.25) is 0 Å². The molecule has 1 atom stereocenters. The maximum atomic E-state index is 9.93. The fraction of sp³-hybridized carbons (Fsp3) is 0.647. The van der Waals surface area contributed by atoms with E-state index >= 15 is 0 Å². The molecule has 1 aromatic rings. The minimum atomic E-state index is -0.281. The molecule has 0 amide bonds. The standard InChI is InChI=1S/C17H28N2O3/c1-17(2,12-20)16(19-10-8-18-9-11-19)13-6-5-7-14(21-3)15(13)22-4/h5-7,16,18,20H,8-12H2,1-4H3/t16-/m1/s1. The maximum absolute atomic E-state index is 9.93. The maximum Gasteiger partial charge on any atom is 0.165 e. The first-order valence-corrected chi connectivity index (χ1v) is 7.81. The Morgan fingerprint density at radius 3 is 2.45 bits per heavy atom. The zero-order valence-corrected chi connectivity index (χ0v) is 14.1. The lowest BCUT2D eigenvalue weighted by molar-refractivity contribution is 0.0291. The van der Waals surface area contributed by atoms with Gasteiger partial charge < -0.3 is 19.9 Å². The SMILES string of the molecule is COc1cccc([C@@H](N2CCNCC2)C(C)(C)CO)c1OC. The van der Waals surface area contributed by atoms with Crippen molar-refractivity contribution < 1.29 is 14.6 Å². The zero-order valence-electron chi connectivity index (χ0n) is 14.1. The second kappa shape index (κ2) is 7.31. The van der Waals surface area contributed by atoms with Crippen LogP contribution in [0.4, 0.5) is 0 Å². The third kappa shape index (κ3) is 3.37. The topological polar surface area (TPSA) is 54.0 Å². The summed E-state index contributed by atoms with van der Waals surface area (Å²) in [6.45, 7) is 8.14. The minimum Gasteiger partial charge on any atom is -0.493 e. The molecule has 22 heavy (non-hydrogen) atoms. The van der Waals surface area contributed by atoms with Gasteiger partial charge in [0.15, 0.2) is 11.5 Å². The molecule has 0 radical (unpaired) electrons.